The van der Waals surface area contributed by atoms with E-state index in [1.807, 2.05) is 11.4 Å². The van der Waals surface area contributed by atoms with Crippen LogP contribution in [-0.2, 0) is 21.2 Å². The van der Waals surface area contributed by atoms with Gasteiger partial charge in [-0.15, -0.1) is 0 Å². The summed E-state index contributed by atoms with van der Waals surface area (Å²) >= 11 is 7.32. The van der Waals surface area contributed by atoms with Gasteiger partial charge in [-0.1, -0.05) is 11.6 Å². The maximum absolute atomic E-state index is 13.3. The molecule has 1 aromatic carbocycles. The summed E-state index contributed by atoms with van der Waals surface area (Å²) in [6, 6.07) is 5.40. The molecule has 1 aliphatic rings. The molecule has 1 aliphatic heterocycles. The molecule has 27 heavy (non-hydrogen) atoms. The Morgan fingerprint density at radius 3 is 2.67 bits per heavy atom. The second-order valence-electron chi connectivity index (χ2n) is 6.43. The van der Waals surface area contributed by atoms with Crippen molar-refractivity contribution >= 4 is 38.9 Å². The Morgan fingerprint density at radius 1 is 1.30 bits per heavy atom. The standard InChI is InChI=1S/C18H20ClFN2O3S2/c19-16-11-15(1-2-17(16)20)27(24,25)22-8-4-14(5-9-22)18(23)21-7-3-13-6-10-26-12-13/h1-2,6,10-12,14H,3-5,7-9H2,(H,21,23). The van der Waals surface area contributed by atoms with Gasteiger partial charge in [0.25, 0.3) is 0 Å². The normalized spacial score (nSPS) is 16.4. The quantitative estimate of drug-likeness (QED) is 0.764. The fraction of sp³-hybridized carbons (Fsp3) is 0.389. The van der Waals surface area contributed by atoms with E-state index in [0.717, 1.165) is 18.6 Å². The van der Waals surface area contributed by atoms with Crippen LogP contribution in [0.1, 0.15) is 18.4 Å². The first-order valence-corrected chi connectivity index (χ1v) is 11.4. The molecule has 1 N–H and O–H groups in total. The van der Waals surface area contributed by atoms with Gasteiger partial charge in [0.15, 0.2) is 0 Å². The summed E-state index contributed by atoms with van der Waals surface area (Å²) in [7, 11) is -3.75. The van der Waals surface area contributed by atoms with Gasteiger partial charge in [0, 0.05) is 25.6 Å². The predicted octanol–water partition coefficient (Wildman–Crippen LogP) is 3.30. The van der Waals surface area contributed by atoms with Gasteiger partial charge in [0.2, 0.25) is 15.9 Å². The Morgan fingerprint density at radius 2 is 2.04 bits per heavy atom. The fourth-order valence-corrected chi connectivity index (χ4v) is 5.50. The molecule has 1 fully saturated rings. The third-order valence-electron chi connectivity index (χ3n) is 4.65. The van der Waals surface area contributed by atoms with Gasteiger partial charge in [0.05, 0.1) is 9.92 Å². The van der Waals surface area contributed by atoms with Crippen molar-refractivity contribution in [1.82, 2.24) is 9.62 Å². The number of benzene rings is 1. The molecule has 0 aliphatic carbocycles. The maximum atomic E-state index is 13.3. The molecule has 0 bridgehead atoms. The molecule has 146 valence electrons. The number of sulfonamides is 1. The topological polar surface area (TPSA) is 66.5 Å². The first-order chi connectivity index (χ1) is 12.9. The smallest absolute Gasteiger partial charge is 0.243 e. The van der Waals surface area contributed by atoms with E-state index in [9.17, 15) is 17.6 Å². The molecular formula is C18H20ClFN2O3S2. The highest BCUT2D eigenvalue weighted by molar-refractivity contribution is 7.89. The molecule has 1 aromatic heterocycles. The van der Waals surface area contributed by atoms with Crippen molar-refractivity contribution < 1.29 is 17.6 Å². The molecule has 5 nitrogen and oxygen atoms in total. The van der Waals surface area contributed by atoms with Crippen molar-refractivity contribution in [2.75, 3.05) is 19.6 Å². The summed E-state index contributed by atoms with van der Waals surface area (Å²) in [5, 5.41) is 6.76. The van der Waals surface area contributed by atoms with E-state index < -0.39 is 15.8 Å². The number of amides is 1. The zero-order valence-corrected chi connectivity index (χ0v) is 16.9. The lowest BCUT2D eigenvalue weighted by Crippen LogP contribution is -2.43. The molecule has 2 heterocycles. The van der Waals surface area contributed by atoms with Crippen molar-refractivity contribution in [3.8, 4) is 0 Å². The highest BCUT2D eigenvalue weighted by atomic mass is 35.5. The Balaban J connectivity index is 1.53. The number of nitrogens with one attached hydrogen (secondary N) is 1. The molecule has 1 amide bonds. The zero-order valence-electron chi connectivity index (χ0n) is 14.5. The minimum Gasteiger partial charge on any atom is -0.356 e. The summed E-state index contributed by atoms with van der Waals surface area (Å²) in [5.74, 6) is -0.892. The Kier molecular flexibility index (Phi) is 6.52. The van der Waals surface area contributed by atoms with Gasteiger partial charge in [-0.3, -0.25) is 4.79 Å². The van der Waals surface area contributed by atoms with Crippen LogP contribution in [0, 0.1) is 11.7 Å². The van der Waals surface area contributed by atoms with Gasteiger partial charge >= 0.3 is 0 Å². The number of carbonyl (C=O) groups is 1. The maximum Gasteiger partial charge on any atom is 0.243 e. The zero-order chi connectivity index (χ0) is 19.4. The first-order valence-electron chi connectivity index (χ1n) is 8.62. The second kappa shape index (κ2) is 8.68. The number of halogens is 2. The van der Waals surface area contributed by atoms with Crippen molar-refractivity contribution in [2.24, 2.45) is 5.92 Å². The lowest BCUT2D eigenvalue weighted by Gasteiger charge is -2.30. The van der Waals surface area contributed by atoms with Crippen molar-refractivity contribution in [1.29, 1.82) is 0 Å². The van der Waals surface area contributed by atoms with Gasteiger partial charge in [-0.25, -0.2) is 12.8 Å². The Hall–Kier alpha value is -1.48. The molecule has 2 aromatic rings. The number of carbonyl (C=O) groups excluding carboxylic acids is 1. The molecule has 0 atom stereocenters. The van der Waals surface area contributed by atoms with Gasteiger partial charge in [-0.05, 0) is 59.9 Å². The van der Waals surface area contributed by atoms with Crippen LogP contribution in [0.25, 0.3) is 0 Å². The number of piperidine rings is 1. The van der Waals surface area contributed by atoms with E-state index in [0.29, 0.717) is 19.4 Å². The van der Waals surface area contributed by atoms with Crippen molar-refractivity contribution in [3.63, 3.8) is 0 Å². The monoisotopic (exact) mass is 430 g/mol. The van der Waals surface area contributed by atoms with Crippen molar-refractivity contribution in [2.45, 2.75) is 24.2 Å². The molecular weight excluding hydrogens is 411 g/mol. The fourth-order valence-electron chi connectivity index (χ4n) is 3.05. The molecule has 3 rings (SSSR count). The molecule has 0 unspecified atom stereocenters. The van der Waals surface area contributed by atoms with Gasteiger partial charge in [-0.2, -0.15) is 15.6 Å². The average Bonchev–Trinajstić information content (AvgIpc) is 3.17. The van der Waals surface area contributed by atoms with Crippen LogP contribution in [0.2, 0.25) is 5.02 Å². The third kappa shape index (κ3) is 4.87. The predicted molar refractivity (Wildman–Crippen MR) is 104 cm³/mol. The lowest BCUT2D eigenvalue weighted by molar-refractivity contribution is -0.126. The molecule has 0 saturated carbocycles. The van der Waals surface area contributed by atoms with E-state index >= 15 is 0 Å². The second-order valence-corrected chi connectivity index (χ2v) is 9.55. The minimum absolute atomic E-state index is 0.0347. The molecule has 0 radical (unpaired) electrons. The first kappa shape index (κ1) is 20.3. The van der Waals surface area contributed by atoms with Crippen LogP contribution in [0.15, 0.2) is 39.9 Å². The van der Waals surface area contributed by atoms with Crippen LogP contribution in [0.3, 0.4) is 0 Å². The van der Waals surface area contributed by atoms with Crippen molar-refractivity contribution in [3.05, 3.63) is 51.4 Å². The lowest BCUT2D eigenvalue weighted by atomic mass is 9.97. The summed E-state index contributed by atoms with van der Waals surface area (Å²) in [6.07, 6.45) is 1.70. The molecule has 0 spiro atoms. The Bertz CT molecular complexity index is 895. The van der Waals surface area contributed by atoms with Crippen LogP contribution in [0.4, 0.5) is 4.39 Å². The van der Waals surface area contributed by atoms with Crippen LogP contribution >= 0.6 is 22.9 Å². The number of nitrogens with zero attached hydrogens (tertiary/aromatic N) is 1. The number of hydrogen-bond donors (Lipinski definition) is 1. The molecule has 9 heteroatoms. The van der Waals surface area contributed by atoms with Crippen LogP contribution in [-0.4, -0.2) is 38.3 Å². The van der Waals surface area contributed by atoms with Crippen LogP contribution in [0.5, 0.6) is 0 Å². The molecule has 1 saturated heterocycles. The van der Waals surface area contributed by atoms with Gasteiger partial charge in [0.1, 0.15) is 5.82 Å². The summed E-state index contributed by atoms with van der Waals surface area (Å²) in [5.41, 5.74) is 1.19. The van der Waals surface area contributed by atoms with E-state index in [2.05, 4.69) is 10.7 Å². The SMILES string of the molecule is O=C(NCCc1ccsc1)C1CCN(S(=O)(=O)c2ccc(F)c(Cl)c2)CC1. The van der Waals surface area contributed by atoms with E-state index in [1.54, 1.807) is 11.3 Å². The number of rotatable bonds is 6. The largest absolute Gasteiger partial charge is 0.356 e. The van der Waals surface area contributed by atoms with E-state index in [-0.39, 0.29) is 34.8 Å². The highest BCUT2D eigenvalue weighted by Gasteiger charge is 2.32. The number of hydrogen-bond acceptors (Lipinski definition) is 4. The average molecular weight is 431 g/mol. The minimum atomic E-state index is -3.75. The third-order valence-corrected chi connectivity index (χ3v) is 7.56. The van der Waals surface area contributed by atoms with Crippen LogP contribution < -0.4 is 5.32 Å². The van der Waals surface area contributed by atoms with Gasteiger partial charge < -0.3 is 5.32 Å². The summed E-state index contributed by atoms with van der Waals surface area (Å²) in [4.78, 5) is 12.3. The van der Waals surface area contributed by atoms with E-state index in [4.69, 9.17) is 11.6 Å². The summed E-state index contributed by atoms with van der Waals surface area (Å²) in [6.45, 7) is 1.07. The summed E-state index contributed by atoms with van der Waals surface area (Å²) < 4.78 is 40.0. The Labute approximate surface area is 167 Å². The highest BCUT2D eigenvalue weighted by Crippen LogP contribution is 2.26. The van der Waals surface area contributed by atoms with E-state index in [1.165, 1.54) is 15.9 Å². The number of thiophene rings is 1.